The number of amides is 2. The van der Waals surface area contributed by atoms with Gasteiger partial charge in [-0.1, -0.05) is 0 Å². The van der Waals surface area contributed by atoms with E-state index in [-0.39, 0.29) is 18.5 Å². The van der Waals surface area contributed by atoms with Crippen LogP contribution >= 0.6 is 0 Å². The molecule has 2 heterocycles. The van der Waals surface area contributed by atoms with E-state index in [0.717, 1.165) is 25.9 Å². The summed E-state index contributed by atoms with van der Waals surface area (Å²) >= 11 is 0. The van der Waals surface area contributed by atoms with Crippen molar-refractivity contribution in [3.63, 3.8) is 0 Å². The van der Waals surface area contributed by atoms with Gasteiger partial charge in [0.1, 0.15) is 6.33 Å². The van der Waals surface area contributed by atoms with E-state index in [4.69, 9.17) is 0 Å². The van der Waals surface area contributed by atoms with Gasteiger partial charge in [0.15, 0.2) is 0 Å². The largest absolute Gasteiger partial charge is 0.341 e. The predicted octanol–water partition coefficient (Wildman–Crippen LogP) is 0.0632. The Bertz CT molecular complexity index is 368. The number of aromatic nitrogens is 2. The molecule has 0 saturated carbocycles. The molecule has 0 atom stereocenters. The smallest absolute Gasteiger partial charge is 0.327 e. The van der Waals surface area contributed by atoms with E-state index in [1.54, 1.807) is 4.90 Å². The monoisotopic (exact) mass is 222 g/mol. The molecule has 6 nitrogen and oxygen atoms in total. The predicted molar refractivity (Wildman–Crippen MR) is 56.8 cm³/mol. The van der Waals surface area contributed by atoms with Crippen LogP contribution in [0.5, 0.6) is 0 Å². The fraction of sp³-hybridized carbons (Fsp3) is 0.500. The lowest BCUT2D eigenvalue weighted by Crippen LogP contribution is -2.39. The van der Waals surface area contributed by atoms with Gasteiger partial charge in [-0.3, -0.25) is 9.36 Å². The van der Waals surface area contributed by atoms with Gasteiger partial charge in [0.2, 0.25) is 5.91 Å². The van der Waals surface area contributed by atoms with Crippen molar-refractivity contribution in [2.75, 3.05) is 19.6 Å². The lowest BCUT2D eigenvalue weighted by molar-refractivity contribution is -0.128. The molecule has 0 bridgehead atoms. The van der Waals surface area contributed by atoms with Crippen LogP contribution in [0.25, 0.3) is 0 Å². The molecule has 16 heavy (non-hydrogen) atoms. The van der Waals surface area contributed by atoms with Gasteiger partial charge >= 0.3 is 6.03 Å². The minimum absolute atomic E-state index is 0.0223. The molecule has 2 amide bonds. The van der Waals surface area contributed by atoms with E-state index >= 15 is 0 Å². The van der Waals surface area contributed by atoms with E-state index in [9.17, 15) is 9.59 Å². The molecule has 1 aromatic heterocycles. The maximum Gasteiger partial charge on any atom is 0.327 e. The average molecular weight is 222 g/mol. The van der Waals surface area contributed by atoms with Crippen LogP contribution in [-0.2, 0) is 4.79 Å². The van der Waals surface area contributed by atoms with Crippen molar-refractivity contribution in [3.05, 3.63) is 18.7 Å². The number of hydrogen-bond donors (Lipinski definition) is 1. The molecule has 86 valence electrons. The first-order chi connectivity index (χ1) is 7.77. The first-order valence-electron chi connectivity index (χ1n) is 5.31. The highest BCUT2D eigenvalue weighted by atomic mass is 16.2. The maximum absolute atomic E-state index is 11.6. The van der Waals surface area contributed by atoms with Crippen molar-refractivity contribution in [1.82, 2.24) is 19.8 Å². The topological polar surface area (TPSA) is 67.2 Å². The molecule has 0 aromatic carbocycles. The fourth-order valence-corrected chi connectivity index (χ4v) is 1.70. The van der Waals surface area contributed by atoms with E-state index in [1.165, 1.54) is 23.3 Å². The van der Waals surface area contributed by atoms with Crippen molar-refractivity contribution in [3.8, 4) is 0 Å². The molecule has 2 rings (SSSR count). The van der Waals surface area contributed by atoms with Crippen LogP contribution in [0.4, 0.5) is 4.79 Å². The third-order valence-corrected chi connectivity index (χ3v) is 2.59. The van der Waals surface area contributed by atoms with Crippen LogP contribution in [0.1, 0.15) is 12.8 Å². The molecule has 0 spiro atoms. The highest BCUT2D eigenvalue weighted by Crippen LogP contribution is 2.06. The van der Waals surface area contributed by atoms with Crippen molar-refractivity contribution < 1.29 is 9.59 Å². The van der Waals surface area contributed by atoms with Gasteiger partial charge < -0.3 is 10.2 Å². The van der Waals surface area contributed by atoms with Gasteiger partial charge in [0, 0.05) is 25.5 Å². The van der Waals surface area contributed by atoms with E-state index in [0.29, 0.717) is 0 Å². The van der Waals surface area contributed by atoms with Crippen molar-refractivity contribution in [1.29, 1.82) is 0 Å². The fourth-order valence-electron chi connectivity index (χ4n) is 1.70. The average Bonchev–Trinajstić information content (AvgIpc) is 2.95. The number of nitrogens with one attached hydrogen (secondary N) is 1. The zero-order chi connectivity index (χ0) is 11.4. The van der Waals surface area contributed by atoms with E-state index in [1.807, 2.05) is 0 Å². The first kappa shape index (κ1) is 10.7. The zero-order valence-corrected chi connectivity index (χ0v) is 8.93. The summed E-state index contributed by atoms with van der Waals surface area (Å²) in [6.07, 6.45) is 6.57. The van der Waals surface area contributed by atoms with E-state index in [2.05, 4.69) is 10.3 Å². The summed E-state index contributed by atoms with van der Waals surface area (Å²) in [6.45, 7) is 1.66. The molecule has 1 aromatic rings. The molecule has 0 unspecified atom stereocenters. The van der Waals surface area contributed by atoms with Gasteiger partial charge in [-0.2, -0.15) is 0 Å². The zero-order valence-electron chi connectivity index (χ0n) is 8.93. The summed E-state index contributed by atoms with van der Waals surface area (Å²) in [4.78, 5) is 28.6. The SMILES string of the molecule is O=C(CNC(=O)n1ccnc1)N1CCCC1. The van der Waals surface area contributed by atoms with Crippen LogP contribution in [0.2, 0.25) is 0 Å². The normalized spacial score (nSPS) is 15.1. The Morgan fingerprint density at radius 3 is 2.69 bits per heavy atom. The van der Waals surface area contributed by atoms with Crippen LogP contribution in [0.15, 0.2) is 18.7 Å². The molecule has 1 fully saturated rings. The Kier molecular flexibility index (Phi) is 3.19. The van der Waals surface area contributed by atoms with E-state index < -0.39 is 0 Å². The van der Waals surface area contributed by atoms with Crippen LogP contribution < -0.4 is 5.32 Å². The summed E-state index contributed by atoms with van der Waals surface area (Å²) in [5.74, 6) is -0.0223. The van der Waals surface area contributed by atoms with Crippen LogP contribution in [0.3, 0.4) is 0 Å². The summed E-state index contributed by atoms with van der Waals surface area (Å²) in [5.41, 5.74) is 0. The number of imidazole rings is 1. The lowest BCUT2D eigenvalue weighted by atomic mass is 10.4. The summed E-state index contributed by atoms with van der Waals surface area (Å²) < 4.78 is 1.30. The van der Waals surface area contributed by atoms with Gasteiger partial charge in [-0.25, -0.2) is 9.78 Å². The number of likely N-dealkylation sites (tertiary alicyclic amines) is 1. The molecule has 0 aliphatic carbocycles. The molecule has 0 radical (unpaired) electrons. The number of rotatable bonds is 2. The Balaban J connectivity index is 1.79. The Hall–Kier alpha value is -1.85. The van der Waals surface area contributed by atoms with Gasteiger partial charge in [-0.15, -0.1) is 0 Å². The second-order valence-corrected chi connectivity index (χ2v) is 3.72. The summed E-state index contributed by atoms with van der Waals surface area (Å²) in [5, 5.41) is 2.55. The maximum atomic E-state index is 11.6. The van der Waals surface area contributed by atoms with Crippen LogP contribution in [0, 0.1) is 0 Å². The van der Waals surface area contributed by atoms with Crippen molar-refractivity contribution in [2.45, 2.75) is 12.8 Å². The molecular formula is C10H14N4O2. The highest BCUT2D eigenvalue weighted by molar-refractivity contribution is 5.84. The van der Waals surface area contributed by atoms with Gasteiger partial charge in [-0.05, 0) is 12.8 Å². The molecule has 6 heteroatoms. The Labute approximate surface area is 93.3 Å². The quantitative estimate of drug-likeness (QED) is 0.769. The van der Waals surface area contributed by atoms with Gasteiger partial charge in [0.25, 0.3) is 0 Å². The third-order valence-electron chi connectivity index (χ3n) is 2.59. The van der Waals surface area contributed by atoms with Crippen LogP contribution in [-0.4, -0.2) is 46.0 Å². The molecule has 1 aliphatic heterocycles. The molecular weight excluding hydrogens is 208 g/mol. The van der Waals surface area contributed by atoms with Crippen molar-refractivity contribution in [2.24, 2.45) is 0 Å². The van der Waals surface area contributed by atoms with Gasteiger partial charge in [0.05, 0.1) is 6.54 Å². The Morgan fingerprint density at radius 1 is 1.31 bits per heavy atom. The highest BCUT2D eigenvalue weighted by Gasteiger charge is 2.18. The number of nitrogens with zero attached hydrogens (tertiary/aromatic N) is 3. The second kappa shape index (κ2) is 4.78. The third kappa shape index (κ3) is 2.39. The molecule has 1 aliphatic rings. The molecule has 1 saturated heterocycles. The second-order valence-electron chi connectivity index (χ2n) is 3.72. The van der Waals surface area contributed by atoms with Crippen molar-refractivity contribution >= 4 is 11.9 Å². The standard InChI is InChI=1S/C10H14N4O2/c15-9(13-4-1-2-5-13)7-12-10(16)14-6-3-11-8-14/h3,6,8H,1-2,4-5,7H2,(H,12,16). The number of carbonyl (C=O) groups excluding carboxylic acids is 2. The number of carbonyl (C=O) groups is 2. The first-order valence-corrected chi connectivity index (χ1v) is 5.31. The summed E-state index contributed by atoms with van der Waals surface area (Å²) in [7, 11) is 0. The number of hydrogen-bond acceptors (Lipinski definition) is 3. The Morgan fingerprint density at radius 2 is 2.06 bits per heavy atom. The summed E-state index contributed by atoms with van der Waals surface area (Å²) in [6, 6.07) is -0.329. The minimum atomic E-state index is -0.329. The minimum Gasteiger partial charge on any atom is -0.341 e. The lowest BCUT2D eigenvalue weighted by Gasteiger charge is -2.15. The molecule has 1 N–H and O–H groups in total.